The van der Waals surface area contributed by atoms with Gasteiger partial charge in [0.2, 0.25) is 5.91 Å². The summed E-state index contributed by atoms with van der Waals surface area (Å²) in [4.78, 5) is 19.9. The summed E-state index contributed by atoms with van der Waals surface area (Å²) < 4.78 is 5.83. The molecule has 0 fully saturated rings. The van der Waals surface area contributed by atoms with Crippen LogP contribution in [0.5, 0.6) is 11.5 Å². The number of amides is 1. The number of hydrogen-bond donors (Lipinski definition) is 2. The molecule has 0 aliphatic heterocycles. The lowest BCUT2D eigenvalue weighted by Gasteiger charge is -2.08. The van der Waals surface area contributed by atoms with Crippen LogP contribution in [-0.4, -0.2) is 15.9 Å². The first-order chi connectivity index (χ1) is 13.8. The molecule has 5 nitrogen and oxygen atoms in total. The van der Waals surface area contributed by atoms with E-state index in [-0.39, 0.29) is 5.91 Å². The summed E-state index contributed by atoms with van der Waals surface area (Å²) >= 11 is 0. The molecule has 0 atom stereocenters. The number of aromatic nitrogens is 2. The number of fused-ring (bicyclic) bond motifs is 1. The van der Waals surface area contributed by atoms with Crippen LogP contribution < -0.4 is 10.1 Å². The zero-order chi connectivity index (χ0) is 19.2. The lowest BCUT2D eigenvalue weighted by atomic mass is 10.2. The monoisotopic (exact) mass is 371 g/mol. The first-order valence-corrected chi connectivity index (χ1v) is 9.28. The van der Waals surface area contributed by atoms with Gasteiger partial charge >= 0.3 is 0 Å². The summed E-state index contributed by atoms with van der Waals surface area (Å²) in [5, 5.41) is 2.96. The lowest BCUT2D eigenvalue weighted by Crippen LogP contribution is -2.23. The van der Waals surface area contributed by atoms with Crippen LogP contribution in [0.4, 0.5) is 0 Å². The molecule has 1 aromatic heterocycles. The average molecular weight is 371 g/mol. The third kappa shape index (κ3) is 4.57. The number of nitrogens with zero attached hydrogens (tertiary/aromatic N) is 1. The summed E-state index contributed by atoms with van der Waals surface area (Å²) in [6.45, 7) is 0.463. The number of hydrogen-bond acceptors (Lipinski definition) is 3. The van der Waals surface area contributed by atoms with E-state index in [0.717, 1.165) is 33.9 Å². The molecule has 0 unspecified atom stereocenters. The number of carbonyl (C=O) groups is 1. The Balaban J connectivity index is 1.29. The fraction of sp³-hybridized carbons (Fsp3) is 0.130. The maximum Gasteiger partial charge on any atom is 0.220 e. The van der Waals surface area contributed by atoms with E-state index in [1.165, 1.54) is 0 Å². The van der Waals surface area contributed by atoms with E-state index in [0.29, 0.717) is 19.4 Å². The van der Waals surface area contributed by atoms with Gasteiger partial charge in [-0.15, -0.1) is 0 Å². The Morgan fingerprint density at radius 1 is 0.929 bits per heavy atom. The van der Waals surface area contributed by atoms with Gasteiger partial charge in [0.05, 0.1) is 11.0 Å². The SMILES string of the molecule is O=C(CCc1nc2ccccc2[nH]1)NCc1cccc(Oc2ccccc2)c1. The van der Waals surface area contributed by atoms with Gasteiger partial charge in [0.25, 0.3) is 0 Å². The normalized spacial score (nSPS) is 10.7. The van der Waals surface area contributed by atoms with E-state index in [9.17, 15) is 4.79 Å². The molecule has 2 N–H and O–H groups in total. The molecule has 0 saturated heterocycles. The minimum absolute atomic E-state index is 0.00478. The largest absolute Gasteiger partial charge is 0.457 e. The van der Waals surface area contributed by atoms with Gasteiger partial charge in [-0.2, -0.15) is 0 Å². The molecule has 28 heavy (non-hydrogen) atoms. The number of nitrogens with one attached hydrogen (secondary N) is 2. The van der Waals surface area contributed by atoms with Gasteiger partial charge in [-0.05, 0) is 42.0 Å². The number of H-pyrrole nitrogens is 1. The average Bonchev–Trinajstić information content (AvgIpc) is 3.15. The standard InChI is InChI=1S/C23H21N3O2/c27-23(14-13-22-25-20-11-4-5-12-21(20)26-22)24-16-17-7-6-10-19(15-17)28-18-8-2-1-3-9-18/h1-12,15H,13-14,16H2,(H,24,27)(H,25,26). The van der Waals surface area contributed by atoms with Gasteiger partial charge < -0.3 is 15.0 Å². The number of imidazole rings is 1. The predicted molar refractivity (Wildman–Crippen MR) is 109 cm³/mol. The molecule has 0 radical (unpaired) electrons. The first-order valence-electron chi connectivity index (χ1n) is 9.28. The topological polar surface area (TPSA) is 67.0 Å². The summed E-state index contributed by atoms with van der Waals surface area (Å²) in [5.74, 6) is 2.36. The number of rotatable bonds is 7. The van der Waals surface area contributed by atoms with Crippen molar-refractivity contribution in [1.82, 2.24) is 15.3 Å². The number of ether oxygens (including phenoxy) is 1. The van der Waals surface area contributed by atoms with E-state index in [2.05, 4.69) is 15.3 Å². The first kappa shape index (κ1) is 17.8. The maximum absolute atomic E-state index is 12.2. The Hall–Kier alpha value is -3.60. The van der Waals surface area contributed by atoms with Gasteiger partial charge in [-0.25, -0.2) is 4.98 Å². The molecular weight excluding hydrogens is 350 g/mol. The fourth-order valence-corrected chi connectivity index (χ4v) is 2.99. The number of aromatic amines is 1. The predicted octanol–water partition coefficient (Wildman–Crippen LogP) is 4.60. The van der Waals surface area contributed by atoms with Crippen molar-refractivity contribution in [1.29, 1.82) is 0 Å². The van der Waals surface area contributed by atoms with Crippen LogP contribution in [0.15, 0.2) is 78.9 Å². The molecule has 4 rings (SSSR count). The highest BCUT2D eigenvalue weighted by molar-refractivity contribution is 5.77. The quantitative estimate of drug-likeness (QED) is 0.499. The van der Waals surface area contributed by atoms with E-state index in [1.807, 2.05) is 78.9 Å². The Kier molecular flexibility index (Phi) is 5.33. The van der Waals surface area contributed by atoms with Gasteiger partial charge in [-0.1, -0.05) is 42.5 Å². The highest BCUT2D eigenvalue weighted by Crippen LogP contribution is 2.21. The Bertz CT molecular complexity index is 1040. The second kappa shape index (κ2) is 8.39. The van der Waals surface area contributed by atoms with E-state index < -0.39 is 0 Å². The fourth-order valence-electron chi connectivity index (χ4n) is 2.99. The summed E-state index contributed by atoms with van der Waals surface area (Å²) in [6, 6.07) is 25.2. The van der Waals surface area contributed by atoms with Crippen molar-refractivity contribution in [2.75, 3.05) is 0 Å². The van der Waals surface area contributed by atoms with Gasteiger partial charge in [0.15, 0.2) is 0 Å². The van der Waals surface area contributed by atoms with Crippen LogP contribution in [0.3, 0.4) is 0 Å². The van der Waals surface area contributed by atoms with Crippen LogP contribution in [0, 0.1) is 0 Å². The highest BCUT2D eigenvalue weighted by Gasteiger charge is 2.07. The molecule has 140 valence electrons. The molecule has 0 aliphatic carbocycles. The van der Waals surface area contributed by atoms with E-state index in [4.69, 9.17) is 4.74 Å². The van der Waals surface area contributed by atoms with Gasteiger partial charge in [-0.3, -0.25) is 4.79 Å². The highest BCUT2D eigenvalue weighted by atomic mass is 16.5. The zero-order valence-electron chi connectivity index (χ0n) is 15.4. The van der Waals surface area contributed by atoms with Crippen LogP contribution in [-0.2, 0) is 17.8 Å². The molecular formula is C23H21N3O2. The molecule has 5 heteroatoms. The number of para-hydroxylation sites is 3. The van der Waals surface area contributed by atoms with Crippen molar-refractivity contribution in [2.45, 2.75) is 19.4 Å². The van der Waals surface area contributed by atoms with E-state index in [1.54, 1.807) is 0 Å². The molecule has 0 bridgehead atoms. The van der Waals surface area contributed by atoms with Crippen molar-refractivity contribution >= 4 is 16.9 Å². The number of benzene rings is 3. The van der Waals surface area contributed by atoms with Crippen LogP contribution >= 0.6 is 0 Å². The van der Waals surface area contributed by atoms with Gasteiger partial charge in [0.1, 0.15) is 17.3 Å². The summed E-state index contributed by atoms with van der Waals surface area (Å²) in [7, 11) is 0. The Labute approximate surface area is 163 Å². The summed E-state index contributed by atoms with van der Waals surface area (Å²) in [6.07, 6.45) is 0.970. The minimum atomic E-state index is -0.00478. The van der Waals surface area contributed by atoms with Crippen LogP contribution in [0.2, 0.25) is 0 Å². The van der Waals surface area contributed by atoms with Crippen molar-refractivity contribution < 1.29 is 9.53 Å². The maximum atomic E-state index is 12.2. The number of aryl methyl sites for hydroxylation is 1. The molecule has 4 aromatic rings. The Morgan fingerprint density at radius 2 is 1.71 bits per heavy atom. The van der Waals surface area contributed by atoms with Crippen molar-refractivity contribution in [3.05, 3.63) is 90.3 Å². The second-order valence-corrected chi connectivity index (χ2v) is 6.54. The third-order valence-electron chi connectivity index (χ3n) is 4.39. The molecule has 1 heterocycles. The number of carbonyl (C=O) groups excluding carboxylic acids is 1. The molecule has 0 saturated carbocycles. The summed E-state index contributed by atoms with van der Waals surface area (Å²) in [5.41, 5.74) is 2.91. The zero-order valence-corrected chi connectivity index (χ0v) is 15.4. The van der Waals surface area contributed by atoms with Gasteiger partial charge in [0, 0.05) is 19.4 Å². The molecule has 0 spiro atoms. The Morgan fingerprint density at radius 3 is 2.57 bits per heavy atom. The van der Waals surface area contributed by atoms with E-state index >= 15 is 0 Å². The molecule has 1 amide bonds. The smallest absolute Gasteiger partial charge is 0.220 e. The molecule has 3 aromatic carbocycles. The minimum Gasteiger partial charge on any atom is -0.457 e. The van der Waals surface area contributed by atoms with Crippen LogP contribution in [0.25, 0.3) is 11.0 Å². The van der Waals surface area contributed by atoms with Crippen molar-refractivity contribution in [3.63, 3.8) is 0 Å². The lowest BCUT2D eigenvalue weighted by molar-refractivity contribution is -0.121. The molecule has 0 aliphatic rings. The van der Waals surface area contributed by atoms with Crippen molar-refractivity contribution in [2.24, 2.45) is 0 Å². The van der Waals surface area contributed by atoms with Crippen LogP contribution in [0.1, 0.15) is 17.8 Å². The van der Waals surface area contributed by atoms with Crippen molar-refractivity contribution in [3.8, 4) is 11.5 Å². The second-order valence-electron chi connectivity index (χ2n) is 6.54. The third-order valence-corrected chi connectivity index (χ3v) is 4.39.